The second-order valence-corrected chi connectivity index (χ2v) is 6.83. The van der Waals surface area contributed by atoms with Gasteiger partial charge >= 0.3 is 0 Å². The molecule has 1 heterocycles. The summed E-state index contributed by atoms with van der Waals surface area (Å²) in [5, 5.41) is 8.40. The second kappa shape index (κ2) is 7.75. The Morgan fingerprint density at radius 2 is 1.92 bits per heavy atom. The molecule has 0 spiro atoms. The van der Waals surface area contributed by atoms with E-state index in [-0.39, 0.29) is 0 Å². The van der Waals surface area contributed by atoms with Crippen LogP contribution in [0.25, 0.3) is 0 Å². The van der Waals surface area contributed by atoms with Crippen molar-refractivity contribution in [3.8, 4) is 5.75 Å². The lowest BCUT2D eigenvalue weighted by molar-refractivity contribution is 0.400. The highest BCUT2D eigenvalue weighted by molar-refractivity contribution is 5.33. The number of ether oxygens (including phenoxy) is 1. The molecule has 1 N–H and O–H groups in total. The smallest absolute Gasteiger partial charge is 0.123 e. The maximum atomic E-state index is 5.47. The van der Waals surface area contributed by atoms with Gasteiger partial charge in [-0.1, -0.05) is 48.5 Å². The van der Waals surface area contributed by atoms with Crippen LogP contribution in [0.4, 0.5) is 0 Å². The molecule has 4 nitrogen and oxygen atoms in total. The van der Waals surface area contributed by atoms with E-state index in [1.807, 2.05) is 12.1 Å². The van der Waals surface area contributed by atoms with Crippen LogP contribution in [0.15, 0.2) is 60.8 Å². The highest BCUT2D eigenvalue weighted by Crippen LogP contribution is 2.30. The van der Waals surface area contributed by atoms with Crippen LogP contribution in [0.2, 0.25) is 0 Å². The summed E-state index contributed by atoms with van der Waals surface area (Å²) in [5.74, 6) is 0.941. The van der Waals surface area contributed by atoms with E-state index in [0.29, 0.717) is 6.04 Å². The van der Waals surface area contributed by atoms with Crippen molar-refractivity contribution in [2.24, 2.45) is 0 Å². The number of para-hydroxylation sites is 1. The molecule has 0 fully saturated rings. The lowest BCUT2D eigenvalue weighted by Crippen LogP contribution is -2.25. The molecule has 1 aliphatic rings. The van der Waals surface area contributed by atoms with Crippen LogP contribution in [0.1, 0.15) is 41.3 Å². The largest absolute Gasteiger partial charge is 0.496 e. The molecular formula is C22H25N3O. The van der Waals surface area contributed by atoms with Crippen molar-refractivity contribution in [3.05, 3.63) is 83.2 Å². The standard InChI is InChI=1S/C22H25N3O/c1-26-22-13-6-5-10-18(22)14-23-20-11-7-12-21-19(20)15-24-25(21)16-17-8-3-2-4-9-17/h2-6,8-10,13,15,20,23H,7,11-12,14,16H2,1H3. The third-order valence-corrected chi connectivity index (χ3v) is 5.17. The highest BCUT2D eigenvalue weighted by atomic mass is 16.5. The average Bonchev–Trinajstić information content (AvgIpc) is 3.11. The van der Waals surface area contributed by atoms with Gasteiger partial charge in [0.1, 0.15) is 5.75 Å². The highest BCUT2D eigenvalue weighted by Gasteiger charge is 2.24. The van der Waals surface area contributed by atoms with E-state index in [9.17, 15) is 0 Å². The Morgan fingerprint density at radius 1 is 1.12 bits per heavy atom. The Balaban J connectivity index is 1.49. The van der Waals surface area contributed by atoms with Gasteiger partial charge in [0, 0.05) is 29.4 Å². The van der Waals surface area contributed by atoms with E-state index in [2.05, 4.69) is 63.8 Å². The predicted octanol–water partition coefficient (Wildman–Crippen LogP) is 4.11. The zero-order valence-corrected chi connectivity index (χ0v) is 15.2. The summed E-state index contributed by atoms with van der Waals surface area (Å²) in [6.45, 7) is 1.65. The fourth-order valence-corrected chi connectivity index (χ4v) is 3.81. The maximum absolute atomic E-state index is 5.47. The number of nitrogens with one attached hydrogen (secondary N) is 1. The first kappa shape index (κ1) is 16.9. The van der Waals surface area contributed by atoms with Gasteiger partial charge in [0.25, 0.3) is 0 Å². The summed E-state index contributed by atoms with van der Waals surface area (Å²) in [7, 11) is 1.73. The minimum Gasteiger partial charge on any atom is -0.496 e. The fraction of sp³-hybridized carbons (Fsp3) is 0.318. The Morgan fingerprint density at radius 3 is 2.77 bits per heavy atom. The van der Waals surface area contributed by atoms with Gasteiger partial charge in [-0.2, -0.15) is 5.10 Å². The molecule has 0 radical (unpaired) electrons. The van der Waals surface area contributed by atoms with Crippen molar-refractivity contribution in [2.45, 2.75) is 38.4 Å². The number of aromatic nitrogens is 2. The van der Waals surface area contributed by atoms with Crippen molar-refractivity contribution in [3.63, 3.8) is 0 Å². The summed E-state index contributed by atoms with van der Waals surface area (Å²) in [6.07, 6.45) is 5.50. The van der Waals surface area contributed by atoms with Crippen LogP contribution in [-0.2, 0) is 19.5 Å². The van der Waals surface area contributed by atoms with Crippen molar-refractivity contribution in [2.75, 3.05) is 7.11 Å². The number of methoxy groups -OCH3 is 1. The summed E-state index contributed by atoms with van der Waals surface area (Å²) in [5.41, 5.74) is 5.21. The summed E-state index contributed by atoms with van der Waals surface area (Å²) < 4.78 is 7.64. The normalized spacial score (nSPS) is 16.3. The van der Waals surface area contributed by atoms with Gasteiger partial charge < -0.3 is 10.1 Å². The van der Waals surface area contributed by atoms with Crippen LogP contribution in [-0.4, -0.2) is 16.9 Å². The predicted molar refractivity (Wildman–Crippen MR) is 103 cm³/mol. The number of fused-ring (bicyclic) bond motifs is 1. The van der Waals surface area contributed by atoms with Gasteiger partial charge in [-0.05, 0) is 30.9 Å². The van der Waals surface area contributed by atoms with E-state index in [4.69, 9.17) is 4.74 Å². The van der Waals surface area contributed by atoms with Gasteiger partial charge in [0.2, 0.25) is 0 Å². The average molecular weight is 347 g/mol. The van der Waals surface area contributed by atoms with Gasteiger partial charge in [-0.3, -0.25) is 4.68 Å². The van der Waals surface area contributed by atoms with Crippen molar-refractivity contribution < 1.29 is 4.74 Å². The monoisotopic (exact) mass is 347 g/mol. The molecule has 1 atom stereocenters. The minimum absolute atomic E-state index is 0.355. The number of nitrogens with zero attached hydrogens (tertiary/aromatic N) is 2. The molecule has 0 saturated heterocycles. The Bertz CT molecular complexity index is 857. The number of rotatable bonds is 6. The topological polar surface area (TPSA) is 39.1 Å². The van der Waals surface area contributed by atoms with E-state index < -0.39 is 0 Å². The first-order valence-electron chi connectivity index (χ1n) is 9.29. The molecule has 4 heteroatoms. The lowest BCUT2D eigenvalue weighted by Gasteiger charge is -2.25. The molecule has 0 saturated carbocycles. The molecule has 1 aromatic heterocycles. The van der Waals surface area contributed by atoms with E-state index in [1.54, 1.807) is 7.11 Å². The third kappa shape index (κ3) is 3.51. The molecule has 4 rings (SSSR count). The fourth-order valence-electron chi connectivity index (χ4n) is 3.81. The van der Waals surface area contributed by atoms with E-state index >= 15 is 0 Å². The van der Waals surface area contributed by atoms with Crippen LogP contribution >= 0.6 is 0 Å². The van der Waals surface area contributed by atoms with Crippen LogP contribution in [0.5, 0.6) is 5.75 Å². The van der Waals surface area contributed by atoms with Gasteiger partial charge in [-0.25, -0.2) is 0 Å². The molecule has 1 aliphatic carbocycles. The van der Waals surface area contributed by atoms with Crippen LogP contribution in [0, 0.1) is 0 Å². The molecule has 0 bridgehead atoms. The Labute approximate surface area is 154 Å². The van der Waals surface area contributed by atoms with Gasteiger partial charge in [0.15, 0.2) is 0 Å². The molecule has 1 unspecified atom stereocenters. The Hall–Kier alpha value is -2.59. The van der Waals surface area contributed by atoms with Crippen molar-refractivity contribution in [1.82, 2.24) is 15.1 Å². The summed E-state index contributed by atoms with van der Waals surface area (Å²) in [6, 6.07) is 19.1. The SMILES string of the molecule is COc1ccccc1CNC1CCCc2c1cnn2Cc1ccccc1. The van der Waals surface area contributed by atoms with Gasteiger partial charge in [-0.15, -0.1) is 0 Å². The number of hydrogen-bond acceptors (Lipinski definition) is 3. The summed E-state index contributed by atoms with van der Waals surface area (Å²) >= 11 is 0. The maximum Gasteiger partial charge on any atom is 0.123 e. The second-order valence-electron chi connectivity index (χ2n) is 6.83. The molecule has 2 aromatic carbocycles. The number of benzene rings is 2. The minimum atomic E-state index is 0.355. The molecule has 0 amide bonds. The first-order chi connectivity index (χ1) is 12.8. The zero-order chi connectivity index (χ0) is 17.8. The van der Waals surface area contributed by atoms with E-state index in [0.717, 1.165) is 31.7 Å². The van der Waals surface area contributed by atoms with Crippen LogP contribution in [0.3, 0.4) is 0 Å². The van der Waals surface area contributed by atoms with Crippen molar-refractivity contribution in [1.29, 1.82) is 0 Å². The third-order valence-electron chi connectivity index (χ3n) is 5.17. The molecule has 3 aromatic rings. The molecule has 0 aliphatic heterocycles. The first-order valence-corrected chi connectivity index (χ1v) is 9.29. The van der Waals surface area contributed by atoms with Crippen LogP contribution < -0.4 is 10.1 Å². The quantitative estimate of drug-likeness (QED) is 0.729. The molecule has 134 valence electrons. The summed E-state index contributed by atoms with van der Waals surface area (Å²) in [4.78, 5) is 0. The Kier molecular flexibility index (Phi) is 5.02. The van der Waals surface area contributed by atoms with Crippen molar-refractivity contribution >= 4 is 0 Å². The number of hydrogen-bond donors (Lipinski definition) is 1. The lowest BCUT2D eigenvalue weighted by atomic mass is 9.92. The van der Waals surface area contributed by atoms with Gasteiger partial charge in [0.05, 0.1) is 19.9 Å². The zero-order valence-electron chi connectivity index (χ0n) is 15.2. The molecular weight excluding hydrogens is 322 g/mol. The van der Waals surface area contributed by atoms with E-state index in [1.165, 1.54) is 28.8 Å². The molecule has 26 heavy (non-hydrogen) atoms.